The Morgan fingerprint density at radius 1 is 1.07 bits per heavy atom. The maximum Gasteiger partial charge on any atom is 0.242 e. The zero-order chi connectivity index (χ0) is 19.4. The lowest BCUT2D eigenvalue weighted by Gasteiger charge is -2.24. The van der Waals surface area contributed by atoms with Gasteiger partial charge in [-0.3, -0.25) is 4.79 Å². The first-order valence-corrected chi connectivity index (χ1v) is 10.9. The maximum atomic E-state index is 13.0. The highest BCUT2D eigenvalue weighted by Crippen LogP contribution is 2.25. The molecule has 0 saturated carbocycles. The largest absolute Gasteiger partial charge is 0.341 e. The second-order valence-corrected chi connectivity index (χ2v) is 9.00. The lowest BCUT2D eigenvalue weighted by atomic mass is 10.1. The van der Waals surface area contributed by atoms with E-state index in [-0.39, 0.29) is 27.3 Å². The van der Waals surface area contributed by atoms with Gasteiger partial charge in [-0.2, -0.15) is 4.72 Å². The molecule has 0 radical (unpaired) electrons. The van der Waals surface area contributed by atoms with Crippen molar-refractivity contribution in [1.82, 2.24) is 9.62 Å². The van der Waals surface area contributed by atoms with Crippen molar-refractivity contribution in [3.05, 3.63) is 64.1 Å². The molecule has 2 aromatic rings. The highest BCUT2D eigenvalue weighted by molar-refractivity contribution is 7.89. The van der Waals surface area contributed by atoms with Crippen LogP contribution in [0.5, 0.6) is 0 Å². The zero-order valence-electron chi connectivity index (χ0n) is 14.6. The van der Waals surface area contributed by atoms with Crippen molar-refractivity contribution < 1.29 is 13.2 Å². The van der Waals surface area contributed by atoms with Crippen LogP contribution < -0.4 is 4.72 Å². The first-order valence-electron chi connectivity index (χ1n) is 8.67. The Kier molecular flexibility index (Phi) is 6.42. The summed E-state index contributed by atoms with van der Waals surface area (Å²) in [7, 11) is -4.02. The Bertz CT molecular complexity index is 914. The standard InChI is InChI=1S/C19H20Cl2N2O3S/c20-15-8-9-16(21)18(13-15)27(25,26)22-17(12-14-6-2-1-3-7-14)19(24)23-10-4-5-11-23/h1-3,6-9,13,17,22H,4-5,10-12H2. The number of carbonyl (C=O) groups is 1. The topological polar surface area (TPSA) is 66.5 Å². The van der Waals surface area contributed by atoms with Crippen LogP contribution in [0.4, 0.5) is 0 Å². The van der Waals surface area contributed by atoms with Crippen molar-refractivity contribution in [1.29, 1.82) is 0 Å². The maximum absolute atomic E-state index is 13.0. The molecule has 8 heteroatoms. The fourth-order valence-electron chi connectivity index (χ4n) is 3.12. The van der Waals surface area contributed by atoms with Gasteiger partial charge in [0.15, 0.2) is 0 Å². The Hall–Kier alpha value is -1.60. The smallest absolute Gasteiger partial charge is 0.242 e. The molecule has 1 fully saturated rings. The van der Waals surface area contributed by atoms with E-state index in [1.807, 2.05) is 30.3 Å². The fourth-order valence-corrected chi connectivity index (χ4v) is 5.07. The summed E-state index contributed by atoms with van der Waals surface area (Å²) in [5.74, 6) is -0.224. The van der Waals surface area contributed by atoms with E-state index in [1.165, 1.54) is 18.2 Å². The summed E-state index contributed by atoms with van der Waals surface area (Å²) in [6.07, 6.45) is 2.11. The number of likely N-dealkylation sites (tertiary alicyclic amines) is 1. The SMILES string of the molecule is O=C(C(Cc1ccccc1)NS(=O)(=O)c1cc(Cl)ccc1Cl)N1CCCC1. The molecular formula is C19H20Cl2N2O3S. The van der Waals surface area contributed by atoms with E-state index < -0.39 is 16.1 Å². The number of rotatable bonds is 6. The van der Waals surface area contributed by atoms with Crippen molar-refractivity contribution in [3.63, 3.8) is 0 Å². The molecule has 1 aliphatic heterocycles. The zero-order valence-corrected chi connectivity index (χ0v) is 16.9. The van der Waals surface area contributed by atoms with Gasteiger partial charge in [-0.1, -0.05) is 53.5 Å². The first-order chi connectivity index (χ1) is 12.9. The van der Waals surface area contributed by atoms with Gasteiger partial charge in [0.05, 0.1) is 5.02 Å². The Morgan fingerprint density at radius 3 is 2.41 bits per heavy atom. The van der Waals surface area contributed by atoms with Crippen LogP contribution in [0.1, 0.15) is 18.4 Å². The van der Waals surface area contributed by atoms with E-state index in [9.17, 15) is 13.2 Å². The van der Waals surface area contributed by atoms with E-state index >= 15 is 0 Å². The summed E-state index contributed by atoms with van der Waals surface area (Å²) in [5, 5.41) is 0.309. The van der Waals surface area contributed by atoms with E-state index in [0.717, 1.165) is 18.4 Å². The van der Waals surface area contributed by atoms with Crippen molar-refractivity contribution in [2.45, 2.75) is 30.2 Å². The van der Waals surface area contributed by atoms with E-state index in [0.29, 0.717) is 13.1 Å². The molecule has 3 rings (SSSR count). The van der Waals surface area contributed by atoms with Crippen molar-refractivity contribution >= 4 is 39.1 Å². The molecule has 0 spiro atoms. The molecule has 1 heterocycles. The third-order valence-corrected chi connectivity index (χ3v) is 6.67. The minimum Gasteiger partial charge on any atom is -0.341 e. The van der Waals surface area contributed by atoms with Crippen molar-refractivity contribution in [2.24, 2.45) is 0 Å². The number of amides is 1. The third-order valence-electron chi connectivity index (χ3n) is 4.48. The molecule has 1 atom stereocenters. The highest BCUT2D eigenvalue weighted by atomic mass is 35.5. The second-order valence-electron chi connectivity index (χ2n) is 6.47. The van der Waals surface area contributed by atoms with Gasteiger partial charge in [0.2, 0.25) is 15.9 Å². The van der Waals surface area contributed by atoms with Crippen LogP contribution >= 0.6 is 23.2 Å². The first kappa shape index (κ1) is 20.1. The van der Waals surface area contributed by atoms with E-state index in [2.05, 4.69) is 4.72 Å². The molecule has 1 saturated heterocycles. The molecule has 1 aliphatic rings. The predicted molar refractivity (Wildman–Crippen MR) is 107 cm³/mol. The molecule has 0 aliphatic carbocycles. The highest BCUT2D eigenvalue weighted by Gasteiger charge is 2.31. The molecule has 144 valence electrons. The van der Waals surface area contributed by atoms with Crippen LogP contribution in [0.25, 0.3) is 0 Å². The van der Waals surface area contributed by atoms with Gasteiger partial charge in [-0.05, 0) is 43.0 Å². The summed E-state index contributed by atoms with van der Waals surface area (Å²) in [6, 6.07) is 12.6. The van der Waals surface area contributed by atoms with Gasteiger partial charge in [0.25, 0.3) is 0 Å². The van der Waals surface area contributed by atoms with Crippen LogP contribution in [0.3, 0.4) is 0 Å². The Balaban J connectivity index is 1.89. The van der Waals surface area contributed by atoms with Crippen LogP contribution in [-0.4, -0.2) is 38.4 Å². The third kappa shape index (κ3) is 5.02. The summed E-state index contributed by atoms with van der Waals surface area (Å²) in [4.78, 5) is 14.5. The Labute approximate surface area is 169 Å². The van der Waals surface area contributed by atoms with E-state index in [1.54, 1.807) is 4.90 Å². The van der Waals surface area contributed by atoms with Gasteiger partial charge in [-0.15, -0.1) is 0 Å². The minimum absolute atomic E-state index is 0.0546. The molecule has 27 heavy (non-hydrogen) atoms. The normalized spacial score (nSPS) is 15.7. The molecule has 0 bridgehead atoms. The number of nitrogens with zero attached hydrogens (tertiary/aromatic N) is 1. The number of hydrogen-bond donors (Lipinski definition) is 1. The molecule has 5 nitrogen and oxygen atoms in total. The lowest BCUT2D eigenvalue weighted by molar-refractivity contribution is -0.131. The van der Waals surface area contributed by atoms with Gasteiger partial charge < -0.3 is 4.90 Å². The number of nitrogens with one attached hydrogen (secondary N) is 1. The van der Waals surface area contributed by atoms with Gasteiger partial charge in [0, 0.05) is 18.1 Å². The number of sulfonamides is 1. The van der Waals surface area contributed by atoms with Crippen LogP contribution in [0, 0.1) is 0 Å². The average Bonchev–Trinajstić information content (AvgIpc) is 3.18. The molecule has 1 N–H and O–H groups in total. The van der Waals surface area contributed by atoms with E-state index in [4.69, 9.17) is 23.2 Å². The molecule has 2 aromatic carbocycles. The molecular weight excluding hydrogens is 407 g/mol. The second kappa shape index (κ2) is 8.61. The average molecular weight is 427 g/mol. The molecule has 1 unspecified atom stereocenters. The Morgan fingerprint density at radius 2 is 1.74 bits per heavy atom. The lowest BCUT2D eigenvalue weighted by Crippen LogP contribution is -2.48. The van der Waals surface area contributed by atoms with Crippen molar-refractivity contribution in [2.75, 3.05) is 13.1 Å². The summed E-state index contributed by atoms with van der Waals surface area (Å²) in [5.41, 5.74) is 0.870. The van der Waals surface area contributed by atoms with Crippen LogP contribution in [0.2, 0.25) is 10.0 Å². The number of hydrogen-bond acceptors (Lipinski definition) is 3. The summed E-state index contributed by atoms with van der Waals surface area (Å²) < 4.78 is 28.3. The summed E-state index contributed by atoms with van der Waals surface area (Å²) >= 11 is 12.0. The van der Waals surface area contributed by atoms with Crippen LogP contribution in [-0.2, 0) is 21.2 Å². The monoisotopic (exact) mass is 426 g/mol. The number of carbonyl (C=O) groups excluding carboxylic acids is 1. The summed E-state index contributed by atoms with van der Waals surface area (Å²) in [6.45, 7) is 1.29. The number of benzene rings is 2. The molecule has 1 amide bonds. The van der Waals surface area contributed by atoms with Gasteiger partial charge in [0.1, 0.15) is 10.9 Å². The minimum atomic E-state index is -4.02. The van der Waals surface area contributed by atoms with Gasteiger partial charge >= 0.3 is 0 Å². The number of halogens is 2. The van der Waals surface area contributed by atoms with Crippen LogP contribution in [0.15, 0.2) is 53.4 Å². The quantitative estimate of drug-likeness (QED) is 0.768. The predicted octanol–water partition coefficient (Wildman–Crippen LogP) is 3.51. The van der Waals surface area contributed by atoms with Crippen molar-refractivity contribution in [3.8, 4) is 0 Å². The fraction of sp³-hybridized carbons (Fsp3) is 0.316. The van der Waals surface area contributed by atoms with Gasteiger partial charge in [-0.25, -0.2) is 8.42 Å². The molecule has 0 aromatic heterocycles.